The van der Waals surface area contributed by atoms with Crippen LogP contribution < -0.4 is 10.2 Å². The van der Waals surface area contributed by atoms with Gasteiger partial charge >= 0.3 is 0 Å². The summed E-state index contributed by atoms with van der Waals surface area (Å²) < 4.78 is 0. The number of anilines is 1. The SMILES string of the molecule is C1=CC2=C(CC1)C1CCCCC1N2c1ccc(C2C=CCNC2)cc1. The molecule has 2 heterocycles. The lowest BCUT2D eigenvalue weighted by atomic mass is 9.80. The lowest BCUT2D eigenvalue weighted by Gasteiger charge is -2.35. The molecule has 25 heavy (non-hydrogen) atoms. The van der Waals surface area contributed by atoms with E-state index < -0.39 is 0 Å². The normalized spacial score (nSPS) is 31.2. The van der Waals surface area contributed by atoms with E-state index in [1.54, 1.807) is 5.57 Å². The number of hydrogen-bond acceptors (Lipinski definition) is 2. The maximum atomic E-state index is 3.46. The number of nitrogens with one attached hydrogen (secondary N) is 1. The van der Waals surface area contributed by atoms with Gasteiger partial charge in [-0.3, -0.25) is 0 Å². The third kappa shape index (κ3) is 2.67. The fourth-order valence-electron chi connectivity index (χ4n) is 5.35. The molecule has 4 aliphatic rings. The van der Waals surface area contributed by atoms with Gasteiger partial charge in [-0.1, -0.05) is 43.2 Å². The molecule has 3 atom stereocenters. The summed E-state index contributed by atoms with van der Waals surface area (Å²) in [4.78, 5) is 2.67. The Bertz CT molecular complexity index is 725. The fraction of sp³-hybridized carbons (Fsp3) is 0.478. The molecule has 130 valence electrons. The minimum Gasteiger partial charge on any atom is -0.338 e. The quantitative estimate of drug-likeness (QED) is 0.774. The van der Waals surface area contributed by atoms with Crippen LogP contribution in [0.5, 0.6) is 0 Å². The zero-order valence-corrected chi connectivity index (χ0v) is 15.0. The first-order chi connectivity index (χ1) is 12.4. The first-order valence-corrected chi connectivity index (χ1v) is 10.1. The molecule has 0 radical (unpaired) electrons. The molecule has 3 unspecified atom stereocenters. The van der Waals surface area contributed by atoms with Gasteiger partial charge < -0.3 is 10.2 Å². The molecular weight excluding hydrogens is 304 g/mol. The van der Waals surface area contributed by atoms with E-state index in [-0.39, 0.29) is 0 Å². The Labute approximate surface area is 151 Å². The number of nitrogens with zero attached hydrogens (tertiary/aromatic N) is 1. The van der Waals surface area contributed by atoms with Crippen LogP contribution >= 0.6 is 0 Å². The fourth-order valence-corrected chi connectivity index (χ4v) is 5.35. The summed E-state index contributed by atoms with van der Waals surface area (Å²) >= 11 is 0. The molecule has 2 nitrogen and oxygen atoms in total. The van der Waals surface area contributed by atoms with Crippen molar-refractivity contribution in [2.45, 2.75) is 50.5 Å². The van der Waals surface area contributed by atoms with Crippen molar-refractivity contribution in [1.29, 1.82) is 0 Å². The molecule has 1 aromatic carbocycles. The lowest BCUT2D eigenvalue weighted by Crippen LogP contribution is -2.36. The highest BCUT2D eigenvalue weighted by Crippen LogP contribution is 2.48. The van der Waals surface area contributed by atoms with Crippen molar-refractivity contribution in [2.75, 3.05) is 18.0 Å². The van der Waals surface area contributed by atoms with Gasteiger partial charge in [0.2, 0.25) is 0 Å². The molecule has 1 fully saturated rings. The van der Waals surface area contributed by atoms with Crippen LogP contribution in [0, 0.1) is 5.92 Å². The average molecular weight is 332 g/mol. The van der Waals surface area contributed by atoms with E-state index in [0.717, 1.165) is 19.0 Å². The highest BCUT2D eigenvalue weighted by atomic mass is 15.2. The van der Waals surface area contributed by atoms with E-state index in [2.05, 4.69) is 58.8 Å². The molecule has 2 heteroatoms. The number of rotatable bonds is 2. The zero-order valence-electron chi connectivity index (χ0n) is 15.0. The molecule has 5 rings (SSSR count). The van der Waals surface area contributed by atoms with Crippen molar-refractivity contribution < 1.29 is 0 Å². The van der Waals surface area contributed by atoms with Crippen LogP contribution in [0.1, 0.15) is 50.0 Å². The molecule has 0 amide bonds. The summed E-state index contributed by atoms with van der Waals surface area (Å²) in [6.07, 6.45) is 17.4. The van der Waals surface area contributed by atoms with Crippen LogP contribution in [0.4, 0.5) is 5.69 Å². The molecule has 0 aromatic heterocycles. The molecular formula is C23H28N2. The number of allylic oxidation sites excluding steroid dienone is 2. The Morgan fingerprint density at radius 3 is 2.72 bits per heavy atom. The van der Waals surface area contributed by atoms with E-state index in [1.165, 1.54) is 55.5 Å². The predicted molar refractivity (Wildman–Crippen MR) is 105 cm³/mol. The Balaban J connectivity index is 1.47. The van der Waals surface area contributed by atoms with Gasteiger partial charge in [-0.05, 0) is 55.0 Å². The summed E-state index contributed by atoms with van der Waals surface area (Å²) in [7, 11) is 0. The van der Waals surface area contributed by atoms with E-state index in [1.807, 2.05) is 0 Å². The second-order valence-corrected chi connectivity index (χ2v) is 7.96. The minimum atomic E-state index is 0.521. The maximum absolute atomic E-state index is 3.46. The molecule has 0 spiro atoms. The molecule has 1 saturated carbocycles. The Morgan fingerprint density at radius 1 is 1.00 bits per heavy atom. The third-order valence-corrected chi connectivity index (χ3v) is 6.55. The van der Waals surface area contributed by atoms with Gasteiger partial charge in [0.15, 0.2) is 0 Å². The van der Waals surface area contributed by atoms with Gasteiger partial charge in [-0.15, -0.1) is 0 Å². The second-order valence-electron chi connectivity index (χ2n) is 7.96. The Kier molecular flexibility index (Phi) is 4.01. The van der Waals surface area contributed by atoms with Crippen LogP contribution in [-0.2, 0) is 0 Å². The van der Waals surface area contributed by atoms with E-state index in [0.29, 0.717) is 12.0 Å². The molecule has 2 aliphatic carbocycles. The number of hydrogen-bond donors (Lipinski definition) is 1. The van der Waals surface area contributed by atoms with Gasteiger partial charge in [0, 0.05) is 42.4 Å². The molecule has 1 N–H and O–H groups in total. The average Bonchev–Trinajstić information content (AvgIpc) is 3.03. The topological polar surface area (TPSA) is 15.3 Å². The standard InChI is InChI=1S/C23H28N2/c1-3-9-22-20(7-1)21-8-2-4-10-23(21)25(22)19-13-11-17(12-14-19)18-6-5-15-24-16-18/h3,5-6,9,11-14,18,21,23-24H,1-2,4,7-8,10,15-16H2. The highest BCUT2D eigenvalue weighted by Gasteiger charge is 2.41. The van der Waals surface area contributed by atoms with Gasteiger partial charge in [0.05, 0.1) is 0 Å². The summed E-state index contributed by atoms with van der Waals surface area (Å²) in [5.41, 5.74) is 6.09. The lowest BCUT2D eigenvalue weighted by molar-refractivity contribution is 0.358. The maximum Gasteiger partial charge on any atom is 0.0413 e. The van der Waals surface area contributed by atoms with Crippen LogP contribution in [0.25, 0.3) is 0 Å². The van der Waals surface area contributed by atoms with Crippen LogP contribution in [0.3, 0.4) is 0 Å². The number of benzene rings is 1. The van der Waals surface area contributed by atoms with Gasteiger partial charge in [0.25, 0.3) is 0 Å². The molecule has 1 aromatic rings. The summed E-state index contributed by atoms with van der Waals surface area (Å²) in [6.45, 7) is 2.07. The Hall–Kier alpha value is -1.80. The summed E-state index contributed by atoms with van der Waals surface area (Å²) in [6, 6.07) is 10.1. The first-order valence-electron chi connectivity index (χ1n) is 10.1. The third-order valence-electron chi connectivity index (χ3n) is 6.55. The van der Waals surface area contributed by atoms with Gasteiger partial charge in [0.1, 0.15) is 0 Å². The van der Waals surface area contributed by atoms with Crippen molar-refractivity contribution in [2.24, 2.45) is 5.92 Å². The smallest absolute Gasteiger partial charge is 0.0413 e. The van der Waals surface area contributed by atoms with Crippen molar-refractivity contribution in [1.82, 2.24) is 5.32 Å². The first kappa shape index (κ1) is 15.5. The zero-order chi connectivity index (χ0) is 16.6. The van der Waals surface area contributed by atoms with Crippen LogP contribution in [-0.4, -0.2) is 19.1 Å². The summed E-state index contributed by atoms with van der Waals surface area (Å²) in [5, 5.41) is 3.46. The van der Waals surface area contributed by atoms with Gasteiger partial charge in [-0.2, -0.15) is 0 Å². The second kappa shape index (κ2) is 6.49. The van der Waals surface area contributed by atoms with E-state index in [4.69, 9.17) is 0 Å². The summed E-state index contributed by atoms with van der Waals surface area (Å²) in [5.74, 6) is 1.33. The van der Waals surface area contributed by atoms with Crippen molar-refractivity contribution in [3.63, 3.8) is 0 Å². The monoisotopic (exact) mass is 332 g/mol. The van der Waals surface area contributed by atoms with Crippen LogP contribution in [0.2, 0.25) is 0 Å². The van der Waals surface area contributed by atoms with E-state index >= 15 is 0 Å². The Morgan fingerprint density at radius 2 is 1.88 bits per heavy atom. The minimum absolute atomic E-state index is 0.521. The predicted octanol–water partition coefficient (Wildman–Crippen LogP) is 4.91. The molecule has 0 saturated heterocycles. The molecule has 0 bridgehead atoms. The van der Waals surface area contributed by atoms with E-state index in [9.17, 15) is 0 Å². The van der Waals surface area contributed by atoms with Crippen LogP contribution in [0.15, 0.2) is 59.8 Å². The molecule has 2 aliphatic heterocycles. The largest absolute Gasteiger partial charge is 0.338 e. The number of fused-ring (bicyclic) bond motifs is 2. The van der Waals surface area contributed by atoms with Crippen molar-refractivity contribution >= 4 is 5.69 Å². The van der Waals surface area contributed by atoms with Gasteiger partial charge in [-0.25, -0.2) is 0 Å². The highest BCUT2D eigenvalue weighted by molar-refractivity contribution is 5.62. The van der Waals surface area contributed by atoms with Crippen molar-refractivity contribution in [3.8, 4) is 0 Å². The van der Waals surface area contributed by atoms with Crippen molar-refractivity contribution in [3.05, 3.63) is 65.4 Å².